The lowest BCUT2D eigenvalue weighted by atomic mass is 9.98. The van der Waals surface area contributed by atoms with Gasteiger partial charge < -0.3 is 20.5 Å². The van der Waals surface area contributed by atoms with E-state index in [-0.39, 0.29) is 30.5 Å². The van der Waals surface area contributed by atoms with Crippen molar-refractivity contribution >= 4 is 29.3 Å². The Kier molecular flexibility index (Phi) is 7.45. The summed E-state index contributed by atoms with van der Waals surface area (Å²) in [5.74, 6) is -1.41. The van der Waals surface area contributed by atoms with Crippen molar-refractivity contribution in [3.63, 3.8) is 0 Å². The van der Waals surface area contributed by atoms with Gasteiger partial charge in [-0.25, -0.2) is 14.6 Å². The number of aromatic carboxylic acids is 1. The van der Waals surface area contributed by atoms with E-state index < -0.39 is 24.1 Å². The van der Waals surface area contributed by atoms with Crippen LogP contribution in [0.4, 0.5) is 4.79 Å². The molecular weight excluding hydrogens is 466 g/mol. The molecule has 3 aromatic rings. The summed E-state index contributed by atoms with van der Waals surface area (Å²) in [6.45, 7) is 3.82. The topological polar surface area (TPSA) is 118 Å². The van der Waals surface area contributed by atoms with Gasteiger partial charge in [0.15, 0.2) is 5.69 Å². The molecule has 0 fully saturated rings. The minimum absolute atomic E-state index is 0.0358. The predicted octanol–water partition coefficient (Wildman–Crippen LogP) is 4.73. The maximum absolute atomic E-state index is 12.6. The normalized spacial score (nSPS) is 13.9. The largest absolute Gasteiger partial charge is 0.476 e. The molecular formula is C26H27N3O5S. The summed E-state index contributed by atoms with van der Waals surface area (Å²) in [7, 11) is 0. The van der Waals surface area contributed by atoms with E-state index in [1.165, 1.54) is 16.7 Å². The van der Waals surface area contributed by atoms with E-state index in [0.29, 0.717) is 11.4 Å². The molecule has 8 nitrogen and oxygen atoms in total. The molecule has 0 aliphatic heterocycles. The number of benzene rings is 2. The van der Waals surface area contributed by atoms with Gasteiger partial charge in [0, 0.05) is 23.8 Å². The van der Waals surface area contributed by atoms with Gasteiger partial charge in [-0.1, -0.05) is 55.5 Å². The molecule has 1 unspecified atom stereocenters. The molecule has 0 bridgehead atoms. The van der Waals surface area contributed by atoms with Crippen LogP contribution in [0.5, 0.6) is 0 Å². The third kappa shape index (κ3) is 5.51. The quantitative estimate of drug-likeness (QED) is 0.397. The van der Waals surface area contributed by atoms with E-state index in [4.69, 9.17) is 9.84 Å². The highest BCUT2D eigenvalue weighted by Gasteiger charge is 2.29. The Labute approximate surface area is 207 Å². The molecule has 2 amide bonds. The molecule has 0 radical (unpaired) electrons. The number of hydrogen-bond donors (Lipinski definition) is 3. The first kappa shape index (κ1) is 24.4. The Morgan fingerprint density at radius 3 is 2.26 bits per heavy atom. The van der Waals surface area contributed by atoms with Gasteiger partial charge in [-0.15, -0.1) is 11.3 Å². The van der Waals surface area contributed by atoms with Crippen molar-refractivity contribution in [1.82, 2.24) is 15.6 Å². The van der Waals surface area contributed by atoms with Crippen LogP contribution in [0.2, 0.25) is 0 Å². The summed E-state index contributed by atoms with van der Waals surface area (Å²) in [6.07, 6.45) is 0.0554. The molecule has 0 saturated carbocycles. The first-order valence-corrected chi connectivity index (χ1v) is 12.3. The summed E-state index contributed by atoms with van der Waals surface area (Å²) in [5.41, 5.74) is 4.54. The number of carbonyl (C=O) groups is 3. The highest BCUT2D eigenvalue weighted by Crippen LogP contribution is 2.44. The minimum atomic E-state index is -1.11. The Balaban J connectivity index is 1.30. The lowest BCUT2D eigenvalue weighted by Gasteiger charge is -2.19. The molecule has 1 aromatic heterocycles. The molecule has 1 aliphatic rings. The van der Waals surface area contributed by atoms with Crippen molar-refractivity contribution in [2.45, 2.75) is 44.7 Å². The molecule has 0 spiro atoms. The first-order valence-electron chi connectivity index (χ1n) is 11.5. The molecule has 2 atom stereocenters. The SMILES string of the molecule is CC[C@H](CC(=O)NC(C)c1nc(C(=O)O)cs1)NC(=O)OCC1c2ccccc2-c2ccccc21. The van der Waals surface area contributed by atoms with Crippen molar-refractivity contribution in [3.05, 3.63) is 75.7 Å². The van der Waals surface area contributed by atoms with E-state index in [1.54, 1.807) is 6.92 Å². The number of nitrogens with one attached hydrogen (secondary N) is 2. The zero-order valence-electron chi connectivity index (χ0n) is 19.5. The smallest absolute Gasteiger partial charge is 0.407 e. The predicted molar refractivity (Wildman–Crippen MR) is 133 cm³/mol. The summed E-state index contributed by atoms with van der Waals surface area (Å²) < 4.78 is 5.58. The molecule has 3 N–H and O–H groups in total. The average Bonchev–Trinajstić information content (AvgIpc) is 3.46. The molecule has 0 saturated heterocycles. The van der Waals surface area contributed by atoms with E-state index in [1.807, 2.05) is 31.2 Å². The first-order chi connectivity index (χ1) is 16.9. The second-order valence-corrected chi connectivity index (χ2v) is 9.33. The fraction of sp³-hybridized carbons (Fsp3) is 0.308. The molecule has 1 heterocycles. The van der Waals surface area contributed by atoms with Crippen LogP contribution in [-0.2, 0) is 9.53 Å². The van der Waals surface area contributed by atoms with E-state index in [2.05, 4.69) is 39.9 Å². The van der Waals surface area contributed by atoms with Gasteiger partial charge in [-0.05, 0) is 35.6 Å². The molecule has 1 aliphatic carbocycles. The van der Waals surface area contributed by atoms with Crippen molar-refractivity contribution in [2.24, 2.45) is 0 Å². The van der Waals surface area contributed by atoms with Gasteiger partial charge in [-0.3, -0.25) is 4.79 Å². The van der Waals surface area contributed by atoms with Gasteiger partial charge in [-0.2, -0.15) is 0 Å². The number of ether oxygens (including phenoxy) is 1. The maximum Gasteiger partial charge on any atom is 0.407 e. The Bertz CT molecular complexity index is 1200. The molecule has 35 heavy (non-hydrogen) atoms. The number of amides is 2. The molecule has 2 aromatic carbocycles. The van der Waals surface area contributed by atoms with Gasteiger partial charge in [0.2, 0.25) is 5.91 Å². The van der Waals surface area contributed by atoms with Crippen LogP contribution in [0.25, 0.3) is 11.1 Å². The molecule has 4 rings (SSSR count). The van der Waals surface area contributed by atoms with Crippen molar-refractivity contribution < 1.29 is 24.2 Å². The molecule has 182 valence electrons. The van der Waals surface area contributed by atoms with Crippen molar-refractivity contribution in [2.75, 3.05) is 6.61 Å². The van der Waals surface area contributed by atoms with E-state index in [9.17, 15) is 14.4 Å². The van der Waals surface area contributed by atoms with E-state index >= 15 is 0 Å². The zero-order chi connectivity index (χ0) is 24.9. The highest BCUT2D eigenvalue weighted by molar-refractivity contribution is 7.09. The number of thiazole rings is 1. The van der Waals surface area contributed by atoms with E-state index in [0.717, 1.165) is 22.3 Å². The third-order valence-electron chi connectivity index (χ3n) is 6.08. The Hall–Kier alpha value is -3.72. The van der Waals surface area contributed by atoms with Crippen molar-refractivity contribution in [1.29, 1.82) is 0 Å². The van der Waals surface area contributed by atoms with Crippen LogP contribution in [0, 0.1) is 0 Å². The number of carboxylic acids is 1. The number of nitrogens with zero attached hydrogens (tertiary/aromatic N) is 1. The summed E-state index contributed by atoms with van der Waals surface area (Å²) in [4.78, 5) is 40.1. The number of fused-ring (bicyclic) bond motifs is 3. The second-order valence-electron chi connectivity index (χ2n) is 8.44. The lowest BCUT2D eigenvalue weighted by molar-refractivity contribution is -0.122. The summed E-state index contributed by atoms with van der Waals surface area (Å²) in [6, 6.07) is 15.4. The summed E-state index contributed by atoms with van der Waals surface area (Å²) in [5, 5.41) is 16.6. The average molecular weight is 494 g/mol. The van der Waals surface area contributed by atoms with Crippen LogP contribution in [0.1, 0.15) is 65.3 Å². The van der Waals surface area contributed by atoms with Crippen LogP contribution in [-0.4, -0.2) is 40.7 Å². The number of alkyl carbamates (subject to hydrolysis) is 1. The number of carboxylic acid groups (broad SMARTS) is 1. The molecule has 9 heteroatoms. The Morgan fingerprint density at radius 1 is 1.06 bits per heavy atom. The highest BCUT2D eigenvalue weighted by atomic mass is 32.1. The van der Waals surface area contributed by atoms with Crippen LogP contribution in [0.15, 0.2) is 53.9 Å². The van der Waals surface area contributed by atoms with Crippen LogP contribution >= 0.6 is 11.3 Å². The number of hydrogen-bond acceptors (Lipinski definition) is 6. The van der Waals surface area contributed by atoms with Crippen LogP contribution < -0.4 is 10.6 Å². The third-order valence-corrected chi connectivity index (χ3v) is 7.11. The lowest BCUT2D eigenvalue weighted by Crippen LogP contribution is -2.40. The van der Waals surface area contributed by atoms with Gasteiger partial charge in [0.05, 0.1) is 6.04 Å². The van der Waals surface area contributed by atoms with Gasteiger partial charge in [0.1, 0.15) is 11.6 Å². The number of carbonyl (C=O) groups excluding carboxylic acids is 2. The fourth-order valence-electron chi connectivity index (χ4n) is 4.27. The van der Waals surface area contributed by atoms with Gasteiger partial charge in [0.25, 0.3) is 0 Å². The fourth-order valence-corrected chi connectivity index (χ4v) is 5.07. The summed E-state index contributed by atoms with van der Waals surface area (Å²) >= 11 is 1.18. The van der Waals surface area contributed by atoms with Crippen molar-refractivity contribution in [3.8, 4) is 11.1 Å². The number of rotatable bonds is 9. The van der Waals surface area contributed by atoms with Crippen LogP contribution in [0.3, 0.4) is 0 Å². The Morgan fingerprint density at radius 2 is 1.69 bits per heavy atom. The second kappa shape index (κ2) is 10.7. The standard InChI is InChI=1S/C26H27N3O5S/c1-3-16(12-23(30)27-15(2)24-29-22(14-35-24)25(31)32)28-26(33)34-13-21-19-10-6-4-8-17(19)18-9-5-7-11-20(18)21/h4-11,14-16,21H,3,12-13H2,1-2H3,(H,27,30)(H,28,33)(H,31,32)/t15?,16-/m1/s1. The number of aromatic nitrogens is 1. The maximum atomic E-state index is 12.6. The van der Waals surface area contributed by atoms with Gasteiger partial charge >= 0.3 is 12.1 Å². The zero-order valence-corrected chi connectivity index (χ0v) is 20.3. The minimum Gasteiger partial charge on any atom is -0.476 e. The monoisotopic (exact) mass is 493 g/mol.